The number of anilines is 1. The van der Waals surface area contributed by atoms with E-state index in [0.29, 0.717) is 0 Å². The van der Waals surface area contributed by atoms with Gasteiger partial charge in [0.25, 0.3) is 15.7 Å². The van der Waals surface area contributed by atoms with Crippen LogP contribution in [0.1, 0.15) is 0 Å². The van der Waals surface area contributed by atoms with Gasteiger partial charge in [-0.3, -0.25) is 14.8 Å². The van der Waals surface area contributed by atoms with E-state index in [1.54, 1.807) is 0 Å². The standard InChI is InChI=1S/C11H7ClFN3O4S/c12-11-10(2-1-5-14-11)21(19,20)15-9-6-7(16(17)18)3-4-8(9)13/h1-6,15H. The van der Waals surface area contributed by atoms with Gasteiger partial charge in [0, 0.05) is 18.3 Å². The van der Waals surface area contributed by atoms with Gasteiger partial charge in [0.1, 0.15) is 15.9 Å². The molecule has 0 aliphatic rings. The van der Waals surface area contributed by atoms with Crippen molar-refractivity contribution in [2.75, 3.05) is 4.72 Å². The van der Waals surface area contributed by atoms with Crippen molar-refractivity contribution in [3.63, 3.8) is 0 Å². The van der Waals surface area contributed by atoms with Crippen LogP contribution in [0.4, 0.5) is 15.8 Å². The average Bonchev–Trinajstić information content (AvgIpc) is 2.41. The van der Waals surface area contributed by atoms with Crippen molar-refractivity contribution in [1.29, 1.82) is 0 Å². The molecule has 21 heavy (non-hydrogen) atoms. The highest BCUT2D eigenvalue weighted by atomic mass is 35.5. The maximum atomic E-state index is 13.6. The molecule has 0 radical (unpaired) electrons. The number of hydrogen-bond donors (Lipinski definition) is 1. The van der Waals surface area contributed by atoms with E-state index in [0.717, 1.165) is 18.2 Å². The van der Waals surface area contributed by atoms with Crippen LogP contribution in [0, 0.1) is 15.9 Å². The van der Waals surface area contributed by atoms with Crippen LogP contribution in [0.15, 0.2) is 41.4 Å². The maximum absolute atomic E-state index is 13.6. The van der Waals surface area contributed by atoms with Gasteiger partial charge in [-0.15, -0.1) is 0 Å². The average molecular weight is 332 g/mol. The molecule has 0 spiro atoms. The number of nitro benzene ring substituents is 1. The molecule has 110 valence electrons. The SMILES string of the molecule is O=[N+]([O-])c1ccc(F)c(NS(=O)(=O)c2cccnc2Cl)c1. The Kier molecular flexibility index (Phi) is 4.05. The molecule has 1 aromatic carbocycles. The summed E-state index contributed by atoms with van der Waals surface area (Å²) >= 11 is 5.66. The first kappa shape index (κ1) is 15.1. The Hall–Kier alpha value is -2.26. The lowest BCUT2D eigenvalue weighted by Crippen LogP contribution is -2.15. The third kappa shape index (κ3) is 3.26. The summed E-state index contributed by atoms with van der Waals surface area (Å²) in [6, 6.07) is 5.00. The molecule has 2 rings (SSSR count). The Bertz CT molecular complexity index is 813. The molecule has 0 aliphatic heterocycles. The molecule has 2 aromatic rings. The predicted octanol–water partition coefficient (Wildman–Crippen LogP) is 2.58. The normalized spacial score (nSPS) is 11.1. The molecule has 10 heteroatoms. The molecule has 1 heterocycles. The van der Waals surface area contributed by atoms with Gasteiger partial charge < -0.3 is 0 Å². The first-order valence-electron chi connectivity index (χ1n) is 5.38. The lowest BCUT2D eigenvalue weighted by Gasteiger charge is -2.09. The molecule has 0 amide bonds. The number of nitro groups is 1. The van der Waals surface area contributed by atoms with Gasteiger partial charge >= 0.3 is 0 Å². The lowest BCUT2D eigenvalue weighted by molar-refractivity contribution is -0.384. The Labute approximate surface area is 123 Å². The number of sulfonamides is 1. The van der Waals surface area contributed by atoms with E-state index in [2.05, 4.69) is 4.98 Å². The van der Waals surface area contributed by atoms with Gasteiger partial charge in [0.2, 0.25) is 0 Å². The minimum absolute atomic E-state index is 0.296. The molecule has 0 bridgehead atoms. The topological polar surface area (TPSA) is 102 Å². The second kappa shape index (κ2) is 5.62. The quantitative estimate of drug-likeness (QED) is 0.527. The first-order valence-corrected chi connectivity index (χ1v) is 7.24. The zero-order valence-corrected chi connectivity index (χ0v) is 11.7. The van der Waals surface area contributed by atoms with Crippen molar-refractivity contribution >= 4 is 33.0 Å². The zero-order valence-electron chi connectivity index (χ0n) is 10.2. The molecule has 0 unspecified atom stereocenters. The molecule has 0 saturated heterocycles. The van der Waals surface area contributed by atoms with Crippen molar-refractivity contribution in [3.8, 4) is 0 Å². The summed E-state index contributed by atoms with van der Waals surface area (Å²) < 4.78 is 39.7. The number of nitrogens with zero attached hydrogens (tertiary/aromatic N) is 2. The van der Waals surface area contributed by atoms with Crippen molar-refractivity contribution < 1.29 is 17.7 Å². The smallest absolute Gasteiger partial charge is 0.271 e. The van der Waals surface area contributed by atoms with Crippen molar-refractivity contribution in [2.24, 2.45) is 0 Å². The van der Waals surface area contributed by atoms with Gasteiger partial charge in [-0.1, -0.05) is 11.6 Å². The molecule has 0 aliphatic carbocycles. The van der Waals surface area contributed by atoms with Gasteiger partial charge in [0.05, 0.1) is 10.6 Å². The number of benzene rings is 1. The fourth-order valence-electron chi connectivity index (χ4n) is 1.48. The van der Waals surface area contributed by atoms with Gasteiger partial charge in [-0.05, 0) is 18.2 Å². The number of hydrogen-bond acceptors (Lipinski definition) is 5. The van der Waals surface area contributed by atoms with Crippen LogP contribution in [-0.4, -0.2) is 18.3 Å². The summed E-state index contributed by atoms with van der Waals surface area (Å²) in [7, 11) is -4.22. The third-order valence-corrected chi connectivity index (χ3v) is 4.23. The monoisotopic (exact) mass is 331 g/mol. The number of pyridine rings is 1. The fourth-order valence-corrected chi connectivity index (χ4v) is 2.99. The predicted molar refractivity (Wildman–Crippen MR) is 73.1 cm³/mol. The highest BCUT2D eigenvalue weighted by molar-refractivity contribution is 7.92. The van der Waals surface area contributed by atoms with Crippen LogP contribution in [0.25, 0.3) is 0 Å². The number of non-ortho nitro benzene ring substituents is 1. The van der Waals surface area contributed by atoms with Crippen molar-refractivity contribution in [2.45, 2.75) is 4.90 Å². The Balaban J connectivity index is 2.44. The van der Waals surface area contributed by atoms with E-state index in [1.165, 1.54) is 18.3 Å². The number of aromatic nitrogens is 1. The lowest BCUT2D eigenvalue weighted by atomic mass is 10.3. The van der Waals surface area contributed by atoms with Crippen molar-refractivity contribution in [1.82, 2.24) is 4.98 Å². The third-order valence-electron chi connectivity index (χ3n) is 2.42. The summed E-state index contributed by atoms with van der Waals surface area (Å²) in [5, 5.41) is 10.3. The second-order valence-electron chi connectivity index (χ2n) is 3.82. The minimum atomic E-state index is -4.22. The first-order chi connectivity index (χ1) is 9.81. The molecule has 0 atom stereocenters. The number of nitrogens with one attached hydrogen (secondary N) is 1. The fraction of sp³-hybridized carbons (Fsp3) is 0. The van der Waals surface area contributed by atoms with Crippen LogP contribution >= 0.6 is 11.6 Å². The highest BCUT2D eigenvalue weighted by Crippen LogP contribution is 2.26. The molecular formula is C11H7ClFN3O4S. The van der Waals surface area contributed by atoms with E-state index >= 15 is 0 Å². The molecule has 0 saturated carbocycles. The van der Waals surface area contributed by atoms with Crippen LogP contribution in [0.3, 0.4) is 0 Å². The highest BCUT2D eigenvalue weighted by Gasteiger charge is 2.21. The van der Waals surface area contributed by atoms with Gasteiger partial charge in [0.15, 0.2) is 0 Å². The van der Waals surface area contributed by atoms with Crippen LogP contribution in [0.5, 0.6) is 0 Å². The molecule has 1 N–H and O–H groups in total. The van der Waals surface area contributed by atoms with Crippen LogP contribution < -0.4 is 4.72 Å². The van der Waals surface area contributed by atoms with Gasteiger partial charge in [-0.25, -0.2) is 17.8 Å². The Morgan fingerprint density at radius 2 is 2.05 bits per heavy atom. The van der Waals surface area contributed by atoms with E-state index in [-0.39, 0.29) is 10.0 Å². The van der Waals surface area contributed by atoms with Gasteiger partial charge in [-0.2, -0.15) is 0 Å². The molecular weight excluding hydrogens is 325 g/mol. The molecule has 7 nitrogen and oxygen atoms in total. The second-order valence-corrected chi connectivity index (χ2v) is 5.83. The van der Waals surface area contributed by atoms with E-state index in [1.807, 2.05) is 4.72 Å². The summed E-state index contributed by atoms with van der Waals surface area (Å²) in [6.45, 7) is 0. The summed E-state index contributed by atoms with van der Waals surface area (Å²) in [4.78, 5) is 13.1. The summed E-state index contributed by atoms with van der Waals surface area (Å²) in [5.74, 6) is -0.954. The van der Waals surface area contributed by atoms with E-state index in [9.17, 15) is 22.9 Å². The Morgan fingerprint density at radius 3 is 2.67 bits per heavy atom. The van der Waals surface area contributed by atoms with Crippen molar-refractivity contribution in [3.05, 3.63) is 57.6 Å². The Morgan fingerprint density at radius 1 is 1.33 bits per heavy atom. The van der Waals surface area contributed by atoms with Crippen LogP contribution in [0.2, 0.25) is 5.15 Å². The van der Waals surface area contributed by atoms with E-state index < -0.39 is 32.1 Å². The zero-order chi connectivity index (χ0) is 15.6. The van der Waals surface area contributed by atoms with E-state index in [4.69, 9.17) is 11.6 Å². The number of rotatable bonds is 4. The largest absolute Gasteiger partial charge is 0.276 e. The van der Waals surface area contributed by atoms with Crippen LogP contribution in [-0.2, 0) is 10.0 Å². The number of halogens is 2. The minimum Gasteiger partial charge on any atom is -0.276 e. The summed E-state index contributed by atoms with van der Waals surface area (Å²) in [6.07, 6.45) is 1.29. The molecule has 1 aromatic heterocycles. The maximum Gasteiger partial charge on any atom is 0.271 e. The molecule has 0 fully saturated rings. The summed E-state index contributed by atoms with van der Waals surface area (Å²) in [5.41, 5.74) is -1.00.